The van der Waals surface area contributed by atoms with E-state index in [1.807, 2.05) is 48.5 Å². The number of nitrogens with one attached hydrogen (secondary N) is 2. The van der Waals surface area contributed by atoms with Crippen molar-refractivity contribution >= 4 is 21.8 Å². The molecule has 0 amide bonds. The normalized spacial score (nSPS) is 11.1. The lowest BCUT2D eigenvalue weighted by Crippen LogP contribution is -2.08. The van der Waals surface area contributed by atoms with Gasteiger partial charge in [0, 0.05) is 16.5 Å². The molecule has 0 aliphatic rings. The fraction of sp³-hybridized carbons (Fsp3) is 0.0588. The van der Waals surface area contributed by atoms with Crippen LogP contribution in [0.1, 0.15) is 0 Å². The number of hydrogen-bond acceptors (Lipinski definition) is 3. The Morgan fingerprint density at radius 2 is 1.82 bits per heavy atom. The van der Waals surface area contributed by atoms with Crippen LogP contribution in [-0.2, 0) is 0 Å². The maximum Gasteiger partial charge on any atom is 0.274 e. The van der Waals surface area contributed by atoms with E-state index < -0.39 is 0 Å². The minimum absolute atomic E-state index is 0.190. The van der Waals surface area contributed by atoms with E-state index in [9.17, 15) is 4.79 Å². The Bertz CT molecular complexity index is 1030. The van der Waals surface area contributed by atoms with E-state index in [4.69, 9.17) is 4.74 Å². The maximum atomic E-state index is 12.2. The average Bonchev–Trinajstić information content (AvgIpc) is 2.95. The van der Waals surface area contributed by atoms with Crippen LogP contribution in [0.5, 0.6) is 5.75 Å². The highest BCUT2D eigenvalue weighted by Gasteiger charge is 2.14. The first-order chi connectivity index (χ1) is 10.8. The van der Waals surface area contributed by atoms with Gasteiger partial charge in [-0.25, -0.2) is 5.10 Å². The molecule has 4 aromatic rings. The number of fused-ring (bicyclic) bond motifs is 3. The van der Waals surface area contributed by atoms with Crippen molar-refractivity contribution in [3.8, 4) is 17.0 Å². The van der Waals surface area contributed by atoms with Crippen LogP contribution in [0.15, 0.2) is 53.3 Å². The van der Waals surface area contributed by atoms with Gasteiger partial charge in [-0.05, 0) is 30.3 Å². The summed E-state index contributed by atoms with van der Waals surface area (Å²) >= 11 is 0. The highest BCUT2D eigenvalue weighted by molar-refractivity contribution is 6.10. The maximum absolute atomic E-state index is 12.2. The van der Waals surface area contributed by atoms with Gasteiger partial charge in [0.2, 0.25) is 0 Å². The van der Waals surface area contributed by atoms with Crippen LogP contribution in [-0.4, -0.2) is 22.3 Å². The molecule has 0 atom stereocenters. The minimum Gasteiger partial charge on any atom is -0.497 e. The topological polar surface area (TPSA) is 70.8 Å². The van der Waals surface area contributed by atoms with Crippen LogP contribution in [0.4, 0.5) is 0 Å². The summed E-state index contributed by atoms with van der Waals surface area (Å²) in [5, 5.41) is 8.34. The SMILES string of the molecule is COc1ccc(-c2n[nH]c(=O)c3c2[nH]c2ccccc23)cc1. The standard InChI is InChI=1S/C17H13N3O2/c1-22-11-8-6-10(7-9-11)15-16-14(17(21)20-19-15)12-4-2-3-5-13(12)18-16/h2-9,18H,1H3,(H,20,21). The van der Waals surface area contributed by atoms with Gasteiger partial charge < -0.3 is 9.72 Å². The van der Waals surface area contributed by atoms with Gasteiger partial charge in [-0.15, -0.1) is 0 Å². The van der Waals surface area contributed by atoms with Crippen LogP contribution in [0.3, 0.4) is 0 Å². The average molecular weight is 291 g/mol. The predicted molar refractivity (Wildman–Crippen MR) is 86.2 cm³/mol. The molecule has 2 N–H and O–H groups in total. The van der Waals surface area contributed by atoms with Crippen molar-refractivity contribution in [2.45, 2.75) is 0 Å². The third-order valence-electron chi connectivity index (χ3n) is 3.80. The Balaban J connectivity index is 2.05. The van der Waals surface area contributed by atoms with Crippen LogP contribution >= 0.6 is 0 Å². The van der Waals surface area contributed by atoms with Gasteiger partial charge in [0.05, 0.1) is 18.0 Å². The summed E-state index contributed by atoms with van der Waals surface area (Å²) in [4.78, 5) is 15.5. The molecule has 0 radical (unpaired) electrons. The van der Waals surface area contributed by atoms with Crippen LogP contribution in [0, 0.1) is 0 Å². The Hall–Kier alpha value is -3.08. The number of ether oxygens (including phenoxy) is 1. The zero-order valence-electron chi connectivity index (χ0n) is 11.9. The van der Waals surface area contributed by atoms with Crippen molar-refractivity contribution in [2.24, 2.45) is 0 Å². The minimum atomic E-state index is -0.190. The molecule has 0 saturated heterocycles. The van der Waals surface area contributed by atoms with Gasteiger partial charge in [0.15, 0.2) is 0 Å². The summed E-state index contributed by atoms with van der Waals surface area (Å²) in [5.74, 6) is 0.779. The molecule has 2 aromatic carbocycles. The zero-order valence-corrected chi connectivity index (χ0v) is 11.9. The highest BCUT2D eigenvalue weighted by atomic mass is 16.5. The lowest BCUT2D eigenvalue weighted by Gasteiger charge is -2.04. The third-order valence-corrected chi connectivity index (χ3v) is 3.80. The number of rotatable bonds is 2. The second kappa shape index (κ2) is 4.73. The number of aromatic nitrogens is 3. The fourth-order valence-electron chi connectivity index (χ4n) is 2.73. The molecule has 0 unspecified atom stereocenters. The molecule has 0 spiro atoms. The molecular formula is C17H13N3O2. The van der Waals surface area contributed by atoms with Crippen molar-refractivity contribution in [3.63, 3.8) is 0 Å². The van der Waals surface area contributed by atoms with E-state index in [1.165, 1.54) is 0 Å². The number of H-pyrrole nitrogens is 2. The van der Waals surface area contributed by atoms with Crippen molar-refractivity contribution in [2.75, 3.05) is 7.11 Å². The predicted octanol–water partition coefficient (Wildman–Crippen LogP) is 3.08. The number of methoxy groups -OCH3 is 1. The van der Waals surface area contributed by atoms with Gasteiger partial charge >= 0.3 is 0 Å². The molecule has 2 heterocycles. The number of para-hydroxylation sites is 1. The summed E-state index contributed by atoms with van der Waals surface area (Å²) in [6, 6.07) is 15.3. The third kappa shape index (κ3) is 1.79. The van der Waals surface area contributed by atoms with Crippen molar-refractivity contribution < 1.29 is 4.74 Å². The molecule has 0 saturated carbocycles. The molecule has 22 heavy (non-hydrogen) atoms. The van der Waals surface area contributed by atoms with E-state index in [0.29, 0.717) is 11.1 Å². The second-order valence-electron chi connectivity index (χ2n) is 5.05. The largest absolute Gasteiger partial charge is 0.497 e. The van der Waals surface area contributed by atoms with Crippen LogP contribution < -0.4 is 10.3 Å². The summed E-state index contributed by atoms with van der Waals surface area (Å²) in [6.07, 6.45) is 0. The Morgan fingerprint density at radius 1 is 1.05 bits per heavy atom. The molecule has 0 aliphatic heterocycles. The number of aromatic amines is 2. The van der Waals surface area contributed by atoms with E-state index in [0.717, 1.165) is 27.7 Å². The van der Waals surface area contributed by atoms with Gasteiger partial charge in [-0.3, -0.25) is 4.79 Å². The first kappa shape index (κ1) is 12.6. The molecule has 0 fully saturated rings. The Labute approximate surface area is 125 Å². The molecule has 5 heteroatoms. The first-order valence-electron chi connectivity index (χ1n) is 6.91. The summed E-state index contributed by atoms with van der Waals surface area (Å²) in [7, 11) is 1.63. The Kier molecular flexibility index (Phi) is 2.72. The van der Waals surface area contributed by atoms with Crippen LogP contribution in [0.25, 0.3) is 33.1 Å². The van der Waals surface area contributed by atoms with E-state index in [1.54, 1.807) is 7.11 Å². The van der Waals surface area contributed by atoms with Crippen molar-refractivity contribution in [3.05, 3.63) is 58.9 Å². The second-order valence-corrected chi connectivity index (χ2v) is 5.05. The van der Waals surface area contributed by atoms with Gasteiger partial charge in [-0.2, -0.15) is 5.10 Å². The molecule has 0 bridgehead atoms. The molecule has 2 aromatic heterocycles. The molecule has 5 nitrogen and oxygen atoms in total. The Morgan fingerprint density at radius 3 is 2.59 bits per heavy atom. The van der Waals surface area contributed by atoms with Crippen molar-refractivity contribution in [1.82, 2.24) is 15.2 Å². The van der Waals surface area contributed by atoms with E-state index >= 15 is 0 Å². The lowest BCUT2D eigenvalue weighted by molar-refractivity contribution is 0.415. The number of benzene rings is 2. The van der Waals surface area contributed by atoms with Crippen molar-refractivity contribution in [1.29, 1.82) is 0 Å². The molecule has 4 rings (SSSR count). The van der Waals surface area contributed by atoms with E-state index in [2.05, 4.69) is 15.2 Å². The molecule has 108 valence electrons. The van der Waals surface area contributed by atoms with Gasteiger partial charge in [0.25, 0.3) is 5.56 Å². The summed E-state index contributed by atoms with van der Waals surface area (Å²) in [5.41, 5.74) is 3.10. The molecule has 0 aliphatic carbocycles. The number of hydrogen-bond donors (Lipinski definition) is 2. The van der Waals surface area contributed by atoms with Gasteiger partial charge in [0.1, 0.15) is 11.4 Å². The van der Waals surface area contributed by atoms with E-state index in [-0.39, 0.29) is 5.56 Å². The van der Waals surface area contributed by atoms with Crippen LogP contribution in [0.2, 0.25) is 0 Å². The summed E-state index contributed by atoms with van der Waals surface area (Å²) < 4.78 is 5.17. The molecular weight excluding hydrogens is 278 g/mol. The first-order valence-corrected chi connectivity index (χ1v) is 6.91. The zero-order chi connectivity index (χ0) is 15.1. The van der Waals surface area contributed by atoms with Gasteiger partial charge in [-0.1, -0.05) is 18.2 Å². The quantitative estimate of drug-likeness (QED) is 0.596. The number of nitrogens with zero attached hydrogens (tertiary/aromatic N) is 1. The summed E-state index contributed by atoms with van der Waals surface area (Å²) in [6.45, 7) is 0. The highest BCUT2D eigenvalue weighted by Crippen LogP contribution is 2.29. The smallest absolute Gasteiger partial charge is 0.274 e. The fourth-order valence-corrected chi connectivity index (χ4v) is 2.73. The monoisotopic (exact) mass is 291 g/mol. The lowest BCUT2D eigenvalue weighted by atomic mass is 10.1.